The molecular formula is C10H15N3S. The molecule has 0 spiro atoms. The summed E-state index contributed by atoms with van der Waals surface area (Å²) in [6.45, 7) is 4.23. The molecule has 1 heterocycles. The predicted octanol–water partition coefficient (Wildman–Crippen LogP) is 1.93. The fourth-order valence-electron chi connectivity index (χ4n) is 1.09. The number of aromatic nitrogens is 1. The summed E-state index contributed by atoms with van der Waals surface area (Å²) < 4.78 is 0. The quantitative estimate of drug-likeness (QED) is 0.744. The summed E-state index contributed by atoms with van der Waals surface area (Å²) in [7, 11) is 0. The van der Waals surface area contributed by atoms with E-state index in [-0.39, 0.29) is 0 Å². The van der Waals surface area contributed by atoms with Crippen LogP contribution in [0.15, 0.2) is 18.3 Å². The Balaban J connectivity index is 2.90. The second-order valence-corrected chi connectivity index (χ2v) is 3.66. The van der Waals surface area contributed by atoms with Crippen LogP contribution in [0.1, 0.15) is 26.0 Å². The molecule has 76 valence electrons. The number of pyridine rings is 1. The van der Waals surface area contributed by atoms with E-state index in [1.54, 1.807) is 6.20 Å². The number of anilines is 1. The standard InChI is InChI=1S/C10H15N3S/c1-3-7(2)13-8-5-4-6-12-9(8)10(11)14/h4-7,13H,3H2,1-2H3,(H2,11,14). The highest BCUT2D eigenvalue weighted by atomic mass is 32.1. The first-order valence-corrected chi connectivity index (χ1v) is 5.07. The molecule has 0 fully saturated rings. The highest BCUT2D eigenvalue weighted by Crippen LogP contribution is 2.13. The van der Waals surface area contributed by atoms with Gasteiger partial charge in [0, 0.05) is 12.2 Å². The third-order valence-corrected chi connectivity index (χ3v) is 2.25. The van der Waals surface area contributed by atoms with E-state index >= 15 is 0 Å². The van der Waals surface area contributed by atoms with E-state index in [9.17, 15) is 0 Å². The molecule has 0 aliphatic rings. The molecule has 0 aliphatic carbocycles. The summed E-state index contributed by atoms with van der Waals surface area (Å²) in [5.74, 6) is 0. The average molecular weight is 209 g/mol. The first-order chi connectivity index (χ1) is 6.65. The second-order valence-electron chi connectivity index (χ2n) is 3.22. The molecule has 0 amide bonds. The molecule has 0 aliphatic heterocycles. The first kappa shape index (κ1) is 10.9. The van der Waals surface area contributed by atoms with Crippen molar-refractivity contribution in [1.29, 1.82) is 0 Å². The van der Waals surface area contributed by atoms with Crippen LogP contribution >= 0.6 is 12.2 Å². The van der Waals surface area contributed by atoms with Crippen molar-refractivity contribution < 1.29 is 0 Å². The number of thiocarbonyl (C=S) groups is 1. The predicted molar refractivity (Wildman–Crippen MR) is 63.5 cm³/mol. The maximum absolute atomic E-state index is 5.56. The van der Waals surface area contributed by atoms with Crippen LogP contribution in [0, 0.1) is 0 Å². The van der Waals surface area contributed by atoms with Gasteiger partial charge in [-0.25, -0.2) is 0 Å². The summed E-state index contributed by atoms with van der Waals surface area (Å²) in [5, 5.41) is 3.31. The third-order valence-electron chi connectivity index (χ3n) is 2.06. The van der Waals surface area contributed by atoms with Gasteiger partial charge in [0.15, 0.2) is 0 Å². The Morgan fingerprint density at radius 3 is 3.00 bits per heavy atom. The molecule has 3 N–H and O–H groups in total. The van der Waals surface area contributed by atoms with E-state index in [2.05, 4.69) is 24.1 Å². The van der Waals surface area contributed by atoms with Gasteiger partial charge in [-0.15, -0.1) is 0 Å². The zero-order valence-corrected chi connectivity index (χ0v) is 9.27. The summed E-state index contributed by atoms with van der Waals surface area (Å²) in [6, 6.07) is 4.20. The van der Waals surface area contributed by atoms with E-state index in [0.29, 0.717) is 16.7 Å². The summed E-state index contributed by atoms with van der Waals surface area (Å²) in [5.41, 5.74) is 7.14. The molecule has 0 radical (unpaired) electrons. The largest absolute Gasteiger partial charge is 0.388 e. The van der Waals surface area contributed by atoms with Gasteiger partial charge in [-0.3, -0.25) is 4.98 Å². The lowest BCUT2D eigenvalue weighted by Crippen LogP contribution is -2.19. The summed E-state index contributed by atoms with van der Waals surface area (Å²) in [4.78, 5) is 4.47. The van der Waals surface area contributed by atoms with Gasteiger partial charge in [-0.1, -0.05) is 19.1 Å². The van der Waals surface area contributed by atoms with Crippen molar-refractivity contribution in [2.75, 3.05) is 5.32 Å². The van der Waals surface area contributed by atoms with Crippen LogP contribution in [0.3, 0.4) is 0 Å². The van der Waals surface area contributed by atoms with E-state index in [1.165, 1.54) is 0 Å². The molecular weight excluding hydrogens is 194 g/mol. The Morgan fingerprint density at radius 1 is 1.71 bits per heavy atom. The van der Waals surface area contributed by atoms with Gasteiger partial charge in [0.2, 0.25) is 0 Å². The van der Waals surface area contributed by atoms with Crippen LogP contribution in [0.2, 0.25) is 0 Å². The van der Waals surface area contributed by atoms with Crippen molar-refractivity contribution in [3.8, 4) is 0 Å². The third kappa shape index (κ3) is 2.67. The maximum atomic E-state index is 5.56. The van der Waals surface area contributed by atoms with E-state index < -0.39 is 0 Å². The van der Waals surface area contributed by atoms with Crippen LogP contribution in [-0.4, -0.2) is 16.0 Å². The van der Waals surface area contributed by atoms with Gasteiger partial charge in [0.25, 0.3) is 0 Å². The van der Waals surface area contributed by atoms with E-state index in [1.807, 2.05) is 12.1 Å². The van der Waals surface area contributed by atoms with Gasteiger partial charge >= 0.3 is 0 Å². The lowest BCUT2D eigenvalue weighted by atomic mass is 10.2. The van der Waals surface area contributed by atoms with Crippen LogP contribution in [-0.2, 0) is 0 Å². The normalized spacial score (nSPS) is 12.1. The van der Waals surface area contributed by atoms with Crippen molar-refractivity contribution in [3.05, 3.63) is 24.0 Å². The van der Waals surface area contributed by atoms with Gasteiger partial charge in [0.1, 0.15) is 10.7 Å². The molecule has 14 heavy (non-hydrogen) atoms. The highest BCUT2D eigenvalue weighted by Gasteiger charge is 2.07. The van der Waals surface area contributed by atoms with Gasteiger partial charge in [-0.05, 0) is 25.5 Å². The van der Waals surface area contributed by atoms with Gasteiger partial charge < -0.3 is 11.1 Å². The van der Waals surface area contributed by atoms with E-state index in [0.717, 1.165) is 12.1 Å². The zero-order valence-electron chi connectivity index (χ0n) is 8.45. The summed E-state index contributed by atoms with van der Waals surface area (Å²) >= 11 is 4.91. The Hall–Kier alpha value is -1.16. The average Bonchev–Trinajstić information content (AvgIpc) is 2.18. The molecule has 3 nitrogen and oxygen atoms in total. The second kappa shape index (κ2) is 4.91. The smallest absolute Gasteiger partial charge is 0.124 e. The van der Waals surface area contributed by atoms with Gasteiger partial charge in [0.05, 0.1) is 5.69 Å². The van der Waals surface area contributed by atoms with Gasteiger partial charge in [-0.2, -0.15) is 0 Å². The molecule has 0 aromatic carbocycles. The number of rotatable bonds is 4. The van der Waals surface area contributed by atoms with Crippen molar-refractivity contribution in [3.63, 3.8) is 0 Å². The molecule has 1 aromatic rings. The molecule has 0 saturated carbocycles. The zero-order chi connectivity index (χ0) is 10.6. The van der Waals surface area contributed by atoms with E-state index in [4.69, 9.17) is 18.0 Å². The van der Waals surface area contributed by atoms with Crippen LogP contribution < -0.4 is 11.1 Å². The summed E-state index contributed by atoms with van der Waals surface area (Å²) in [6.07, 6.45) is 2.74. The van der Waals surface area contributed by atoms with Crippen LogP contribution in [0.25, 0.3) is 0 Å². The molecule has 4 heteroatoms. The number of nitrogens with zero attached hydrogens (tertiary/aromatic N) is 1. The fraction of sp³-hybridized carbons (Fsp3) is 0.400. The topological polar surface area (TPSA) is 50.9 Å². The van der Waals surface area contributed by atoms with Crippen molar-refractivity contribution in [2.45, 2.75) is 26.3 Å². The monoisotopic (exact) mass is 209 g/mol. The lowest BCUT2D eigenvalue weighted by Gasteiger charge is -2.15. The molecule has 1 atom stereocenters. The Morgan fingerprint density at radius 2 is 2.43 bits per heavy atom. The SMILES string of the molecule is CCC(C)Nc1cccnc1C(N)=S. The van der Waals surface area contributed by atoms with Crippen LogP contribution in [0.4, 0.5) is 5.69 Å². The molecule has 1 unspecified atom stereocenters. The number of nitrogens with two attached hydrogens (primary N) is 1. The molecule has 0 saturated heterocycles. The molecule has 0 bridgehead atoms. The fourth-order valence-corrected chi connectivity index (χ4v) is 1.25. The number of hydrogen-bond donors (Lipinski definition) is 2. The number of nitrogens with one attached hydrogen (secondary N) is 1. The number of hydrogen-bond acceptors (Lipinski definition) is 3. The van der Waals surface area contributed by atoms with Crippen LogP contribution in [0.5, 0.6) is 0 Å². The van der Waals surface area contributed by atoms with Crippen molar-refractivity contribution >= 4 is 22.9 Å². The van der Waals surface area contributed by atoms with Crippen molar-refractivity contribution in [2.24, 2.45) is 5.73 Å². The minimum Gasteiger partial charge on any atom is -0.388 e. The van der Waals surface area contributed by atoms with Crippen molar-refractivity contribution in [1.82, 2.24) is 4.98 Å². The Labute approximate surface area is 89.7 Å². The lowest BCUT2D eigenvalue weighted by molar-refractivity contribution is 0.763. The molecule has 1 aromatic heterocycles. The Bertz CT molecular complexity index is 325. The first-order valence-electron chi connectivity index (χ1n) is 4.66. The minimum absolute atomic E-state index is 0.330. The highest BCUT2D eigenvalue weighted by molar-refractivity contribution is 7.80. The molecule has 1 rings (SSSR count). The minimum atomic E-state index is 0.330. The Kier molecular flexibility index (Phi) is 3.83. The maximum Gasteiger partial charge on any atom is 0.124 e.